The van der Waals surface area contributed by atoms with Crippen molar-refractivity contribution in [3.63, 3.8) is 0 Å². The molecule has 1 atom stereocenters. The minimum Gasteiger partial charge on any atom is -0.337 e. The third-order valence-corrected chi connectivity index (χ3v) is 4.75. The first kappa shape index (κ1) is 17.5. The summed E-state index contributed by atoms with van der Waals surface area (Å²) in [7, 11) is 0. The fourth-order valence-electron chi connectivity index (χ4n) is 3.39. The van der Waals surface area contributed by atoms with Crippen molar-refractivity contribution in [1.82, 2.24) is 30.0 Å². The molecule has 7 heteroatoms. The van der Waals surface area contributed by atoms with Crippen LogP contribution < -0.4 is 5.32 Å². The van der Waals surface area contributed by atoms with Gasteiger partial charge in [-0.05, 0) is 40.7 Å². The fraction of sp³-hybridized carbons (Fsp3) is 0.556. The van der Waals surface area contributed by atoms with Gasteiger partial charge in [0.2, 0.25) is 5.91 Å². The van der Waals surface area contributed by atoms with Gasteiger partial charge in [0.1, 0.15) is 0 Å². The zero-order valence-electron chi connectivity index (χ0n) is 15.6. The second-order valence-corrected chi connectivity index (χ2v) is 6.83. The second-order valence-electron chi connectivity index (χ2n) is 6.83. The number of hydrogen-bond acceptors (Lipinski definition) is 5. The molecule has 0 spiro atoms. The zero-order chi connectivity index (χ0) is 18.1. The van der Waals surface area contributed by atoms with Crippen LogP contribution in [0.1, 0.15) is 35.3 Å². The fourth-order valence-corrected chi connectivity index (χ4v) is 3.39. The molecule has 3 heterocycles. The Balaban J connectivity index is 1.88. The first-order chi connectivity index (χ1) is 11.9. The van der Waals surface area contributed by atoms with Gasteiger partial charge < -0.3 is 10.2 Å². The maximum absolute atomic E-state index is 12.8. The molecule has 0 bridgehead atoms. The Morgan fingerprint density at radius 1 is 1.24 bits per heavy atom. The van der Waals surface area contributed by atoms with Gasteiger partial charge >= 0.3 is 0 Å². The van der Waals surface area contributed by atoms with E-state index in [0.29, 0.717) is 12.4 Å². The van der Waals surface area contributed by atoms with E-state index in [9.17, 15) is 4.79 Å². The third-order valence-electron chi connectivity index (χ3n) is 4.75. The van der Waals surface area contributed by atoms with Gasteiger partial charge in [-0.25, -0.2) is 14.6 Å². The molecule has 0 aliphatic carbocycles. The number of piperazine rings is 1. The summed E-state index contributed by atoms with van der Waals surface area (Å²) < 4.78 is 1.75. The van der Waals surface area contributed by atoms with E-state index in [0.717, 1.165) is 48.0 Å². The SMILES string of the molecule is Cc1cc(C)nc(-n2nc(C)c(CC(=O)N3CCNC[C@@H]3C)c2C)n1. The standard InChI is InChI=1S/C18H26N6O/c1-11-8-12(2)21-18(20-11)24-15(5)16(14(4)22-24)9-17(25)23-7-6-19-10-13(23)3/h8,13,19H,6-7,9-10H2,1-5H3/t13-/m0/s1. The Bertz CT molecular complexity index is 777. The molecule has 7 nitrogen and oxygen atoms in total. The van der Waals surface area contributed by atoms with Crippen molar-refractivity contribution in [3.05, 3.63) is 34.4 Å². The summed E-state index contributed by atoms with van der Waals surface area (Å²) in [6.45, 7) is 12.3. The average Bonchev–Trinajstić information content (AvgIpc) is 2.82. The van der Waals surface area contributed by atoms with Crippen LogP contribution in [-0.2, 0) is 11.2 Å². The van der Waals surface area contributed by atoms with Crippen LogP contribution in [0.3, 0.4) is 0 Å². The van der Waals surface area contributed by atoms with E-state index in [1.165, 1.54) is 0 Å². The van der Waals surface area contributed by atoms with Crippen LogP contribution in [-0.4, -0.2) is 56.2 Å². The predicted molar refractivity (Wildman–Crippen MR) is 95.9 cm³/mol. The van der Waals surface area contributed by atoms with Crippen molar-refractivity contribution in [2.45, 2.75) is 47.1 Å². The van der Waals surface area contributed by atoms with Crippen molar-refractivity contribution in [1.29, 1.82) is 0 Å². The van der Waals surface area contributed by atoms with Crippen LogP contribution in [0.4, 0.5) is 0 Å². The van der Waals surface area contributed by atoms with Gasteiger partial charge in [0, 0.05) is 48.3 Å². The van der Waals surface area contributed by atoms with Crippen molar-refractivity contribution >= 4 is 5.91 Å². The number of carbonyl (C=O) groups is 1. The van der Waals surface area contributed by atoms with Crippen molar-refractivity contribution in [3.8, 4) is 5.95 Å². The van der Waals surface area contributed by atoms with Crippen LogP contribution in [0.25, 0.3) is 5.95 Å². The van der Waals surface area contributed by atoms with Crippen LogP contribution in [0.2, 0.25) is 0 Å². The summed E-state index contributed by atoms with van der Waals surface area (Å²) in [4.78, 5) is 23.7. The molecule has 1 fully saturated rings. The smallest absolute Gasteiger partial charge is 0.251 e. The molecule has 1 N–H and O–H groups in total. The Labute approximate surface area is 148 Å². The number of rotatable bonds is 3. The van der Waals surface area contributed by atoms with E-state index in [1.807, 2.05) is 38.7 Å². The molecule has 0 saturated carbocycles. The summed E-state index contributed by atoms with van der Waals surface area (Å²) in [5.41, 5.74) is 4.57. The summed E-state index contributed by atoms with van der Waals surface area (Å²) >= 11 is 0. The van der Waals surface area contributed by atoms with Gasteiger partial charge in [-0.15, -0.1) is 0 Å². The molecule has 1 saturated heterocycles. The lowest BCUT2D eigenvalue weighted by Crippen LogP contribution is -2.52. The number of nitrogens with zero attached hydrogens (tertiary/aromatic N) is 5. The number of aromatic nitrogens is 4. The molecule has 0 unspecified atom stereocenters. The Morgan fingerprint density at radius 2 is 1.92 bits per heavy atom. The third kappa shape index (κ3) is 3.56. The highest BCUT2D eigenvalue weighted by atomic mass is 16.2. The van der Waals surface area contributed by atoms with Crippen molar-refractivity contribution in [2.75, 3.05) is 19.6 Å². The summed E-state index contributed by atoms with van der Waals surface area (Å²) in [5, 5.41) is 7.90. The Kier molecular flexibility index (Phi) is 4.85. The molecule has 1 aliphatic heterocycles. The molecule has 1 aliphatic rings. The number of hydrogen-bond donors (Lipinski definition) is 1. The maximum Gasteiger partial charge on any atom is 0.251 e. The number of carbonyl (C=O) groups excluding carboxylic acids is 1. The highest BCUT2D eigenvalue weighted by Gasteiger charge is 2.25. The van der Waals surface area contributed by atoms with E-state index in [1.54, 1.807) is 4.68 Å². The molecule has 0 radical (unpaired) electrons. The molecular weight excluding hydrogens is 316 g/mol. The van der Waals surface area contributed by atoms with E-state index in [4.69, 9.17) is 0 Å². The normalized spacial score (nSPS) is 17.8. The average molecular weight is 342 g/mol. The van der Waals surface area contributed by atoms with Crippen LogP contribution in [0.5, 0.6) is 0 Å². The summed E-state index contributed by atoms with van der Waals surface area (Å²) in [6, 6.07) is 2.16. The first-order valence-electron chi connectivity index (χ1n) is 8.74. The van der Waals surface area contributed by atoms with Gasteiger partial charge in [0.05, 0.1) is 12.1 Å². The Hall–Kier alpha value is -2.28. The molecule has 1 amide bonds. The van der Waals surface area contributed by atoms with Gasteiger partial charge in [0.15, 0.2) is 0 Å². The van der Waals surface area contributed by atoms with Crippen LogP contribution >= 0.6 is 0 Å². The molecule has 134 valence electrons. The Morgan fingerprint density at radius 3 is 2.56 bits per heavy atom. The van der Waals surface area contributed by atoms with Crippen LogP contribution in [0, 0.1) is 27.7 Å². The van der Waals surface area contributed by atoms with E-state index in [-0.39, 0.29) is 11.9 Å². The van der Waals surface area contributed by atoms with E-state index in [2.05, 4.69) is 27.3 Å². The molecule has 2 aromatic rings. The topological polar surface area (TPSA) is 75.9 Å². The highest BCUT2D eigenvalue weighted by Crippen LogP contribution is 2.18. The van der Waals surface area contributed by atoms with Gasteiger partial charge in [0.25, 0.3) is 5.95 Å². The van der Waals surface area contributed by atoms with Crippen LogP contribution in [0.15, 0.2) is 6.07 Å². The molecule has 3 rings (SSSR count). The van der Waals surface area contributed by atoms with Crippen molar-refractivity contribution < 1.29 is 4.79 Å². The zero-order valence-corrected chi connectivity index (χ0v) is 15.6. The number of nitrogens with one attached hydrogen (secondary N) is 1. The van der Waals surface area contributed by atoms with Gasteiger partial charge in [-0.1, -0.05) is 0 Å². The van der Waals surface area contributed by atoms with E-state index >= 15 is 0 Å². The summed E-state index contributed by atoms with van der Waals surface area (Å²) in [6.07, 6.45) is 0.368. The monoisotopic (exact) mass is 342 g/mol. The first-order valence-corrected chi connectivity index (χ1v) is 8.74. The maximum atomic E-state index is 12.8. The molecule has 0 aromatic carbocycles. The molecule has 2 aromatic heterocycles. The molecule has 25 heavy (non-hydrogen) atoms. The lowest BCUT2D eigenvalue weighted by atomic mass is 10.1. The lowest BCUT2D eigenvalue weighted by Gasteiger charge is -2.34. The second kappa shape index (κ2) is 6.92. The minimum atomic E-state index is 0.154. The quantitative estimate of drug-likeness (QED) is 0.909. The number of aryl methyl sites for hydroxylation is 3. The summed E-state index contributed by atoms with van der Waals surface area (Å²) in [5.74, 6) is 0.716. The number of amides is 1. The predicted octanol–water partition coefficient (Wildman–Crippen LogP) is 1.26. The van der Waals surface area contributed by atoms with Gasteiger partial charge in [-0.2, -0.15) is 5.10 Å². The lowest BCUT2D eigenvalue weighted by molar-refractivity contribution is -0.133. The minimum absolute atomic E-state index is 0.154. The van der Waals surface area contributed by atoms with Crippen molar-refractivity contribution in [2.24, 2.45) is 0 Å². The largest absolute Gasteiger partial charge is 0.337 e. The van der Waals surface area contributed by atoms with E-state index < -0.39 is 0 Å². The van der Waals surface area contributed by atoms with Gasteiger partial charge in [-0.3, -0.25) is 4.79 Å². The molecular formula is C18H26N6O. The highest BCUT2D eigenvalue weighted by molar-refractivity contribution is 5.79.